The lowest BCUT2D eigenvalue weighted by molar-refractivity contribution is -0.00636. The molecule has 0 saturated carbocycles. The maximum atomic E-state index is 13.3. The van der Waals surface area contributed by atoms with Gasteiger partial charge in [-0.3, -0.25) is 9.48 Å². The Morgan fingerprint density at radius 2 is 1.93 bits per heavy atom. The largest absolute Gasteiger partial charge is 0.458 e. The predicted octanol–water partition coefficient (Wildman–Crippen LogP) is 4.85. The predicted molar refractivity (Wildman–Crippen MR) is 104 cm³/mol. The molecule has 3 aromatic heterocycles. The first-order valence-corrected chi connectivity index (χ1v) is 9.13. The van der Waals surface area contributed by atoms with Crippen LogP contribution >= 0.6 is 0 Å². The summed E-state index contributed by atoms with van der Waals surface area (Å²) in [6.07, 6.45) is 3.02. The van der Waals surface area contributed by atoms with Crippen LogP contribution < -0.4 is 5.32 Å². The molecule has 0 aliphatic carbocycles. The molecule has 4 rings (SSSR count). The number of alkyl halides is 2. The van der Waals surface area contributed by atoms with E-state index in [1.54, 1.807) is 13.1 Å². The van der Waals surface area contributed by atoms with Crippen molar-refractivity contribution in [2.24, 2.45) is 0 Å². The molecule has 4 aromatic rings. The molecule has 0 fully saturated rings. The number of carbonyl (C=O) groups is 1. The molecule has 1 amide bonds. The molecule has 154 valence electrons. The highest BCUT2D eigenvalue weighted by Crippen LogP contribution is 2.29. The van der Waals surface area contributed by atoms with Crippen molar-refractivity contribution in [1.82, 2.24) is 14.8 Å². The molecule has 1 N–H and O–H groups in total. The Bertz CT molecular complexity index is 1170. The van der Waals surface area contributed by atoms with Gasteiger partial charge in [-0.05, 0) is 12.1 Å². The lowest BCUT2D eigenvalue weighted by atomic mass is 10.1. The monoisotopic (exact) mass is 412 g/mol. The molecule has 1 aromatic carbocycles. The smallest absolute Gasteiger partial charge is 0.301 e. The van der Waals surface area contributed by atoms with Gasteiger partial charge in [0.15, 0.2) is 23.1 Å². The fourth-order valence-corrected chi connectivity index (χ4v) is 2.93. The van der Waals surface area contributed by atoms with Crippen molar-refractivity contribution in [2.45, 2.75) is 26.3 Å². The normalized spacial score (nSPS) is 11.6. The zero-order valence-electron chi connectivity index (χ0n) is 16.2. The highest BCUT2D eigenvalue weighted by Gasteiger charge is 2.28. The molecule has 0 bridgehead atoms. The van der Waals surface area contributed by atoms with Gasteiger partial charge in [-0.15, -0.1) is 0 Å². The average molecular weight is 412 g/mol. The van der Waals surface area contributed by atoms with Gasteiger partial charge in [0.05, 0.1) is 18.4 Å². The van der Waals surface area contributed by atoms with Gasteiger partial charge in [0, 0.05) is 25.6 Å². The highest BCUT2D eigenvalue weighted by molar-refractivity contribution is 6.06. The van der Waals surface area contributed by atoms with Crippen molar-refractivity contribution in [3.8, 4) is 11.3 Å². The maximum Gasteiger partial charge on any atom is 0.301 e. The number of halogens is 2. The summed E-state index contributed by atoms with van der Waals surface area (Å²) in [7, 11) is 0. The number of amides is 1. The molecule has 0 saturated heterocycles. The number of benzene rings is 1. The second-order valence-electron chi connectivity index (χ2n) is 6.81. The molecule has 0 atom stereocenters. The number of hydrogen-bond donors (Lipinski definition) is 1. The molecule has 0 radical (unpaired) electrons. The Balaban J connectivity index is 1.48. The Morgan fingerprint density at radius 1 is 1.17 bits per heavy atom. The molecule has 7 nitrogen and oxygen atoms in total. The van der Waals surface area contributed by atoms with Gasteiger partial charge in [0.25, 0.3) is 5.91 Å². The van der Waals surface area contributed by atoms with Gasteiger partial charge < -0.3 is 14.2 Å². The SMILES string of the molecule is Cc1nc(C(=O)Nc2cnn(Cc3ccc(C(C)(F)F)o3)c2)c(-c2ccccc2)o1. The summed E-state index contributed by atoms with van der Waals surface area (Å²) in [5.41, 5.74) is 1.32. The summed E-state index contributed by atoms with van der Waals surface area (Å²) in [6, 6.07) is 11.9. The summed E-state index contributed by atoms with van der Waals surface area (Å²) in [6.45, 7) is 2.58. The summed E-state index contributed by atoms with van der Waals surface area (Å²) in [4.78, 5) is 16.9. The van der Waals surface area contributed by atoms with E-state index in [9.17, 15) is 13.6 Å². The Labute approximate surface area is 170 Å². The van der Waals surface area contributed by atoms with Crippen molar-refractivity contribution >= 4 is 11.6 Å². The maximum absolute atomic E-state index is 13.3. The van der Waals surface area contributed by atoms with Crippen molar-refractivity contribution in [2.75, 3.05) is 5.32 Å². The van der Waals surface area contributed by atoms with Gasteiger partial charge in [-0.25, -0.2) is 4.98 Å². The van der Waals surface area contributed by atoms with E-state index in [0.717, 1.165) is 12.5 Å². The first kappa shape index (κ1) is 19.6. The van der Waals surface area contributed by atoms with Crippen LogP contribution in [0.2, 0.25) is 0 Å². The van der Waals surface area contributed by atoms with Crippen LogP contribution in [0.25, 0.3) is 11.3 Å². The third-order valence-corrected chi connectivity index (χ3v) is 4.29. The van der Waals surface area contributed by atoms with Crippen molar-refractivity contribution in [1.29, 1.82) is 0 Å². The molecule has 0 spiro atoms. The van der Waals surface area contributed by atoms with Gasteiger partial charge in [0.2, 0.25) is 0 Å². The molecule has 30 heavy (non-hydrogen) atoms. The Kier molecular flexibility index (Phi) is 4.94. The van der Waals surface area contributed by atoms with Crippen LogP contribution in [-0.2, 0) is 12.5 Å². The van der Waals surface area contributed by atoms with E-state index in [1.165, 1.54) is 23.0 Å². The first-order chi connectivity index (χ1) is 14.3. The number of hydrogen-bond acceptors (Lipinski definition) is 5. The van der Waals surface area contributed by atoms with Gasteiger partial charge in [-0.2, -0.15) is 13.9 Å². The first-order valence-electron chi connectivity index (χ1n) is 9.13. The van der Waals surface area contributed by atoms with Crippen LogP contribution in [-0.4, -0.2) is 20.7 Å². The van der Waals surface area contributed by atoms with Crippen LogP contribution in [0.4, 0.5) is 14.5 Å². The van der Waals surface area contributed by atoms with E-state index in [2.05, 4.69) is 15.4 Å². The molecule has 9 heteroatoms. The third kappa shape index (κ3) is 4.14. The van der Waals surface area contributed by atoms with Gasteiger partial charge in [0.1, 0.15) is 5.76 Å². The number of anilines is 1. The van der Waals surface area contributed by atoms with Crippen molar-refractivity contribution in [3.05, 3.63) is 78.0 Å². The number of furan rings is 1. The van der Waals surface area contributed by atoms with E-state index in [0.29, 0.717) is 23.1 Å². The summed E-state index contributed by atoms with van der Waals surface area (Å²) < 4.78 is 38.8. The minimum atomic E-state index is -3.05. The van der Waals surface area contributed by atoms with E-state index in [4.69, 9.17) is 8.83 Å². The number of carbonyl (C=O) groups excluding carboxylic acids is 1. The summed E-state index contributed by atoms with van der Waals surface area (Å²) in [5.74, 6) is -2.83. The van der Waals surface area contributed by atoms with E-state index in [1.807, 2.05) is 30.3 Å². The fraction of sp³-hybridized carbons (Fsp3) is 0.190. The Morgan fingerprint density at radius 3 is 2.63 bits per heavy atom. The molecule has 0 unspecified atom stereocenters. The number of aryl methyl sites for hydroxylation is 1. The molecule has 3 heterocycles. The summed E-state index contributed by atoms with van der Waals surface area (Å²) in [5, 5.41) is 6.85. The van der Waals surface area contributed by atoms with Crippen LogP contribution in [0.3, 0.4) is 0 Å². The van der Waals surface area contributed by atoms with Crippen LogP contribution in [0.5, 0.6) is 0 Å². The van der Waals surface area contributed by atoms with E-state index < -0.39 is 17.6 Å². The van der Waals surface area contributed by atoms with Crippen molar-refractivity contribution < 1.29 is 22.4 Å². The molecule has 0 aliphatic rings. The zero-order valence-corrected chi connectivity index (χ0v) is 16.2. The topological polar surface area (TPSA) is 86.1 Å². The fourth-order valence-electron chi connectivity index (χ4n) is 2.93. The molecular formula is C21H18F2N4O3. The average Bonchev–Trinajstić information content (AvgIpc) is 3.43. The van der Waals surface area contributed by atoms with Crippen LogP contribution in [0.1, 0.15) is 34.8 Å². The lowest BCUT2D eigenvalue weighted by Gasteiger charge is -2.05. The number of nitrogens with one attached hydrogen (secondary N) is 1. The van der Waals surface area contributed by atoms with Crippen molar-refractivity contribution in [3.63, 3.8) is 0 Å². The number of rotatable bonds is 6. The van der Waals surface area contributed by atoms with E-state index >= 15 is 0 Å². The standard InChI is InChI=1S/C21H18F2N4O3/c1-13-25-18(19(29-13)14-6-4-3-5-7-14)20(28)26-15-10-24-27(11-15)12-16-8-9-17(30-16)21(2,22)23/h3-11H,12H2,1-2H3,(H,26,28). The highest BCUT2D eigenvalue weighted by atomic mass is 19.3. The minimum absolute atomic E-state index is 0.143. The summed E-state index contributed by atoms with van der Waals surface area (Å²) >= 11 is 0. The second-order valence-corrected chi connectivity index (χ2v) is 6.81. The molecule has 0 aliphatic heterocycles. The molecular weight excluding hydrogens is 394 g/mol. The third-order valence-electron chi connectivity index (χ3n) is 4.29. The van der Waals surface area contributed by atoms with E-state index in [-0.39, 0.29) is 12.2 Å². The Hall–Kier alpha value is -3.75. The van der Waals surface area contributed by atoms with Crippen LogP contribution in [0.15, 0.2) is 63.7 Å². The second kappa shape index (κ2) is 7.58. The quantitative estimate of drug-likeness (QED) is 0.489. The van der Waals surface area contributed by atoms with Gasteiger partial charge in [-0.1, -0.05) is 30.3 Å². The number of nitrogens with zero attached hydrogens (tertiary/aromatic N) is 3. The zero-order chi connectivity index (χ0) is 21.3. The lowest BCUT2D eigenvalue weighted by Crippen LogP contribution is -2.13. The number of oxazole rings is 1. The van der Waals surface area contributed by atoms with Crippen LogP contribution in [0, 0.1) is 6.92 Å². The minimum Gasteiger partial charge on any atom is -0.458 e. The van der Waals surface area contributed by atoms with Gasteiger partial charge >= 0.3 is 5.92 Å². The number of aromatic nitrogens is 3.